The van der Waals surface area contributed by atoms with Gasteiger partial charge in [-0.3, -0.25) is 4.79 Å². The van der Waals surface area contributed by atoms with Crippen LogP contribution in [0.3, 0.4) is 0 Å². The van der Waals surface area contributed by atoms with Gasteiger partial charge < -0.3 is 15.1 Å². The average molecular weight is 220 g/mol. The monoisotopic (exact) mass is 220 g/mol. The van der Waals surface area contributed by atoms with Gasteiger partial charge >= 0.3 is 0 Å². The maximum Gasteiger partial charge on any atom is 0.225 e. The molecule has 1 saturated heterocycles. The van der Waals surface area contributed by atoms with Crippen LogP contribution in [0, 0.1) is 6.92 Å². The highest BCUT2D eigenvalue weighted by atomic mass is 16.3. The Bertz CT molecular complexity index is 422. The fourth-order valence-electron chi connectivity index (χ4n) is 2.52. The number of hydrogen-bond acceptors (Lipinski definition) is 3. The van der Waals surface area contributed by atoms with E-state index in [1.807, 2.05) is 24.0 Å². The summed E-state index contributed by atoms with van der Waals surface area (Å²) in [6.45, 7) is 1.91. The van der Waals surface area contributed by atoms with Gasteiger partial charge in [-0.05, 0) is 31.9 Å². The van der Waals surface area contributed by atoms with Gasteiger partial charge in [0.05, 0.1) is 0 Å². The predicted molar refractivity (Wildman–Crippen MR) is 58.6 cm³/mol. The molecule has 2 N–H and O–H groups in total. The van der Waals surface area contributed by atoms with E-state index in [2.05, 4.69) is 0 Å². The third kappa shape index (κ3) is 1.45. The van der Waals surface area contributed by atoms with Crippen LogP contribution in [-0.2, 0) is 4.79 Å². The Balaban J connectivity index is 1.93. The van der Waals surface area contributed by atoms with Crippen LogP contribution < -0.4 is 5.73 Å². The summed E-state index contributed by atoms with van der Waals surface area (Å²) in [5.74, 6) is 1.88. The molecule has 1 amide bonds. The summed E-state index contributed by atoms with van der Waals surface area (Å²) >= 11 is 0. The number of furan rings is 1. The number of nitrogens with zero attached hydrogens (tertiary/aromatic N) is 1. The first-order chi connectivity index (χ1) is 7.66. The molecule has 0 radical (unpaired) electrons. The van der Waals surface area contributed by atoms with Crippen molar-refractivity contribution < 1.29 is 9.21 Å². The van der Waals surface area contributed by atoms with E-state index in [0.717, 1.165) is 24.4 Å². The summed E-state index contributed by atoms with van der Waals surface area (Å²) in [6, 6.07) is 4.09. The Morgan fingerprint density at radius 2 is 2.19 bits per heavy atom. The Morgan fingerprint density at radius 1 is 1.44 bits per heavy atom. The lowest BCUT2D eigenvalue weighted by atomic mass is 10.1. The van der Waals surface area contributed by atoms with Crippen LogP contribution in [-0.4, -0.2) is 22.9 Å². The van der Waals surface area contributed by atoms with Gasteiger partial charge in [0.15, 0.2) is 0 Å². The molecule has 4 heteroatoms. The molecule has 2 heterocycles. The van der Waals surface area contributed by atoms with Crippen LogP contribution in [0.1, 0.15) is 36.8 Å². The molecular formula is C12H16N2O2. The summed E-state index contributed by atoms with van der Waals surface area (Å²) in [4.78, 5) is 13.8. The van der Waals surface area contributed by atoms with Crippen molar-refractivity contribution in [1.29, 1.82) is 0 Å². The van der Waals surface area contributed by atoms with Crippen molar-refractivity contribution in [2.24, 2.45) is 5.73 Å². The summed E-state index contributed by atoms with van der Waals surface area (Å²) < 4.78 is 5.62. The van der Waals surface area contributed by atoms with Crippen molar-refractivity contribution in [3.8, 4) is 0 Å². The molecule has 0 spiro atoms. The van der Waals surface area contributed by atoms with E-state index in [9.17, 15) is 4.79 Å². The second-order valence-electron chi connectivity index (χ2n) is 4.79. The van der Waals surface area contributed by atoms with Gasteiger partial charge in [-0.15, -0.1) is 0 Å². The molecule has 2 atom stereocenters. The van der Waals surface area contributed by atoms with E-state index >= 15 is 0 Å². The van der Waals surface area contributed by atoms with E-state index in [0.29, 0.717) is 12.5 Å². The van der Waals surface area contributed by atoms with E-state index in [4.69, 9.17) is 10.2 Å². The summed E-state index contributed by atoms with van der Waals surface area (Å²) in [7, 11) is 0. The standard InChI is InChI=1S/C12H16N2O2/c1-7-2-5-10(16-7)12-9(13)6-11(15)14(12)8-3-4-8/h2,5,8-9,12H,3-4,6,13H2,1H3. The van der Waals surface area contributed by atoms with Gasteiger partial charge in [0.2, 0.25) is 5.91 Å². The molecule has 2 unspecified atom stereocenters. The van der Waals surface area contributed by atoms with Gasteiger partial charge in [-0.1, -0.05) is 0 Å². The number of aryl methyl sites for hydroxylation is 1. The highest BCUT2D eigenvalue weighted by molar-refractivity contribution is 5.81. The fourth-order valence-corrected chi connectivity index (χ4v) is 2.52. The van der Waals surface area contributed by atoms with Gasteiger partial charge in [-0.25, -0.2) is 0 Å². The first-order valence-electron chi connectivity index (χ1n) is 5.80. The van der Waals surface area contributed by atoms with Gasteiger partial charge in [0.25, 0.3) is 0 Å². The molecule has 4 nitrogen and oxygen atoms in total. The number of carbonyl (C=O) groups is 1. The lowest BCUT2D eigenvalue weighted by molar-refractivity contribution is -0.129. The number of nitrogens with two attached hydrogens (primary N) is 1. The molecule has 1 aromatic heterocycles. The van der Waals surface area contributed by atoms with Crippen LogP contribution in [0.5, 0.6) is 0 Å². The quantitative estimate of drug-likeness (QED) is 0.818. The number of rotatable bonds is 2. The van der Waals surface area contributed by atoms with Crippen LogP contribution in [0.4, 0.5) is 0 Å². The van der Waals surface area contributed by atoms with Gasteiger partial charge in [-0.2, -0.15) is 0 Å². The van der Waals surface area contributed by atoms with Crippen LogP contribution in [0.25, 0.3) is 0 Å². The Labute approximate surface area is 94.4 Å². The van der Waals surface area contributed by atoms with Crippen molar-refractivity contribution in [1.82, 2.24) is 4.90 Å². The maximum atomic E-state index is 11.9. The Morgan fingerprint density at radius 3 is 2.75 bits per heavy atom. The Hall–Kier alpha value is -1.29. The fraction of sp³-hybridized carbons (Fsp3) is 0.583. The number of hydrogen-bond donors (Lipinski definition) is 1. The second-order valence-corrected chi connectivity index (χ2v) is 4.79. The van der Waals surface area contributed by atoms with Crippen LogP contribution >= 0.6 is 0 Å². The van der Waals surface area contributed by atoms with E-state index < -0.39 is 0 Å². The van der Waals surface area contributed by atoms with Crippen molar-refractivity contribution in [2.45, 2.75) is 44.3 Å². The normalized spacial score (nSPS) is 30.1. The number of amides is 1. The SMILES string of the molecule is Cc1ccc(C2C(N)CC(=O)N2C2CC2)o1. The molecule has 86 valence electrons. The van der Waals surface area contributed by atoms with E-state index in [1.54, 1.807) is 0 Å². The minimum absolute atomic E-state index is 0.0475. The molecule has 2 aliphatic rings. The summed E-state index contributed by atoms with van der Waals surface area (Å²) in [5.41, 5.74) is 6.04. The lowest BCUT2D eigenvalue weighted by Crippen LogP contribution is -2.34. The zero-order chi connectivity index (χ0) is 11.3. The highest BCUT2D eigenvalue weighted by Crippen LogP contribution is 2.41. The molecule has 1 saturated carbocycles. The Kier molecular flexibility index (Phi) is 2.07. The number of likely N-dealkylation sites (tertiary alicyclic amines) is 1. The van der Waals surface area contributed by atoms with Gasteiger partial charge in [0.1, 0.15) is 17.6 Å². The van der Waals surface area contributed by atoms with Crippen molar-refractivity contribution in [3.63, 3.8) is 0 Å². The lowest BCUT2D eigenvalue weighted by Gasteiger charge is -2.24. The van der Waals surface area contributed by atoms with E-state index in [1.165, 1.54) is 0 Å². The van der Waals surface area contributed by atoms with Crippen molar-refractivity contribution in [3.05, 3.63) is 23.7 Å². The first-order valence-corrected chi connectivity index (χ1v) is 5.80. The molecule has 0 aromatic carbocycles. The van der Waals surface area contributed by atoms with Crippen LogP contribution in [0.15, 0.2) is 16.5 Å². The van der Waals surface area contributed by atoms with Crippen molar-refractivity contribution in [2.75, 3.05) is 0 Å². The first kappa shape index (κ1) is 9.90. The maximum absolute atomic E-state index is 11.9. The highest BCUT2D eigenvalue weighted by Gasteiger charge is 2.47. The molecule has 16 heavy (non-hydrogen) atoms. The molecule has 1 aliphatic carbocycles. The van der Waals surface area contributed by atoms with Gasteiger partial charge in [0, 0.05) is 18.5 Å². The molecule has 0 bridgehead atoms. The molecule has 1 aromatic rings. The number of carbonyl (C=O) groups excluding carboxylic acids is 1. The zero-order valence-corrected chi connectivity index (χ0v) is 9.35. The predicted octanol–water partition coefficient (Wildman–Crippen LogP) is 1.35. The molecule has 3 rings (SSSR count). The zero-order valence-electron chi connectivity index (χ0n) is 9.35. The average Bonchev–Trinajstić information content (AvgIpc) is 2.90. The molecule has 1 aliphatic heterocycles. The summed E-state index contributed by atoms with van der Waals surface area (Å²) in [5, 5.41) is 0. The second kappa shape index (κ2) is 3.35. The summed E-state index contributed by atoms with van der Waals surface area (Å²) in [6.07, 6.45) is 2.66. The minimum Gasteiger partial charge on any atom is -0.464 e. The molecular weight excluding hydrogens is 204 g/mol. The molecule has 2 fully saturated rings. The smallest absolute Gasteiger partial charge is 0.225 e. The minimum atomic E-state index is -0.126. The topological polar surface area (TPSA) is 59.5 Å². The van der Waals surface area contributed by atoms with Crippen molar-refractivity contribution >= 4 is 5.91 Å². The largest absolute Gasteiger partial charge is 0.464 e. The van der Waals surface area contributed by atoms with E-state index in [-0.39, 0.29) is 18.0 Å². The third-order valence-corrected chi connectivity index (χ3v) is 3.40. The van der Waals surface area contributed by atoms with Crippen LogP contribution in [0.2, 0.25) is 0 Å². The third-order valence-electron chi connectivity index (χ3n) is 3.40.